The second kappa shape index (κ2) is 8.47. The monoisotopic (exact) mass is 296 g/mol. The van der Waals surface area contributed by atoms with Crippen molar-refractivity contribution in [2.45, 2.75) is 58.7 Å². The summed E-state index contributed by atoms with van der Waals surface area (Å²) in [5, 5.41) is 3.44. The van der Waals surface area contributed by atoms with Crippen molar-refractivity contribution in [2.75, 3.05) is 52.4 Å². The van der Waals surface area contributed by atoms with Gasteiger partial charge in [0.1, 0.15) is 0 Å². The van der Waals surface area contributed by atoms with E-state index in [1.165, 1.54) is 52.1 Å². The van der Waals surface area contributed by atoms with E-state index < -0.39 is 0 Å². The van der Waals surface area contributed by atoms with Gasteiger partial charge in [-0.15, -0.1) is 0 Å². The van der Waals surface area contributed by atoms with Crippen molar-refractivity contribution in [2.24, 2.45) is 0 Å². The lowest BCUT2D eigenvalue weighted by molar-refractivity contribution is 0.0755. The van der Waals surface area contributed by atoms with Gasteiger partial charge in [-0.25, -0.2) is 0 Å². The zero-order valence-electron chi connectivity index (χ0n) is 14.6. The molecule has 2 rings (SSSR count). The van der Waals surface area contributed by atoms with Gasteiger partial charge >= 0.3 is 0 Å². The molecule has 0 bridgehead atoms. The van der Waals surface area contributed by atoms with Crippen molar-refractivity contribution in [3.05, 3.63) is 0 Å². The third kappa shape index (κ3) is 5.20. The molecule has 2 saturated heterocycles. The van der Waals surface area contributed by atoms with Gasteiger partial charge in [-0.05, 0) is 40.5 Å². The fraction of sp³-hybridized carbons (Fsp3) is 1.00. The first kappa shape index (κ1) is 17.2. The summed E-state index contributed by atoms with van der Waals surface area (Å²) in [5.41, 5.74) is 0. The zero-order valence-corrected chi connectivity index (χ0v) is 14.6. The Hall–Kier alpha value is -0.160. The number of nitrogens with one attached hydrogen (secondary N) is 1. The maximum absolute atomic E-state index is 3.44. The Balaban J connectivity index is 1.66. The molecule has 0 aromatic carbocycles. The van der Waals surface area contributed by atoms with Crippen molar-refractivity contribution < 1.29 is 0 Å². The number of rotatable bonds is 6. The molecule has 2 aliphatic rings. The zero-order chi connectivity index (χ0) is 15.2. The van der Waals surface area contributed by atoms with Crippen LogP contribution in [0.2, 0.25) is 0 Å². The standard InChI is InChI=1S/C17H36N4/c1-15(2)19-11-13-21(14-12-19)17(4)6-5-16(3)20-9-7-18-8-10-20/h15-18H,5-14H2,1-4H3. The second-order valence-electron chi connectivity index (χ2n) is 7.23. The number of hydrogen-bond acceptors (Lipinski definition) is 4. The lowest BCUT2D eigenvalue weighted by atomic mass is 10.0. The predicted molar refractivity (Wildman–Crippen MR) is 90.9 cm³/mol. The van der Waals surface area contributed by atoms with Crippen LogP contribution in [0, 0.1) is 0 Å². The number of nitrogens with zero attached hydrogens (tertiary/aromatic N) is 3. The van der Waals surface area contributed by atoms with Crippen LogP contribution < -0.4 is 5.32 Å². The minimum Gasteiger partial charge on any atom is -0.314 e. The van der Waals surface area contributed by atoms with Gasteiger partial charge in [-0.1, -0.05) is 0 Å². The molecule has 0 amide bonds. The second-order valence-corrected chi connectivity index (χ2v) is 7.23. The van der Waals surface area contributed by atoms with Gasteiger partial charge in [0.05, 0.1) is 0 Å². The van der Waals surface area contributed by atoms with Gasteiger partial charge in [-0.3, -0.25) is 14.7 Å². The van der Waals surface area contributed by atoms with E-state index in [-0.39, 0.29) is 0 Å². The van der Waals surface area contributed by atoms with Crippen LogP contribution in [0.25, 0.3) is 0 Å². The normalized spacial score (nSPS) is 26.1. The highest BCUT2D eigenvalue weighted by atomic mass is 15.3. The molecule has 4 nitrogen and oxygen atoms in total. The average Bonchev–Trinajstić information content (AvgIpc) is 2.53. The maximum atomic E-state index is 3.44. The fourth-order valence-corrected chi connectivity index (χ4v) is 3.67. The largest absolute Gasteiger partial charge is 0.314 e. The fourth-order valence-electron chi connectivity index (χ4n) is 3.67. The summed E-state index contributed by atoms with van der Waals surface area (Å²) in [5.74, 6) is 0. The van der Waals surface area contributed by atoms with Gasteiger partial charge in [0.2, 0.25) is 0 Å². The topological polar surface area (TPSA) is 21.8 Å². The quantitative estimate of drug-likeness (QED) is 0.801. The van der Waals surface area contributed by atoms with Crippen molar-refractivity contribution in [3.8, 4) is 0 Å². The summed E-state index contributed by atoms with van der Waals surface area (Å²) < 4.78 is 0. The predicted octanol–water partition coefficient (Wildman–Crippen LogP) is 1.47. The van der Waals surface area contributed by atoms with E-state index in [2.05, 4.69) is 47.7 Å². The van der Waals surface area contributed by atoms with Crippen LogP contribution in [-0.4, -0.2) is 85.2 Å². The minimum absolute atomic E-state index is 0.704. The molecule has 21 heavy (non-hydrogen) atoms. The molecule has 1 N–H and O–H groups in total. The SMILES string of the molecule is CC(C)N1CCN(C(C)CCC(C)N2CCNCC2)CC1. The van der Waals surface area contributed by atoms with E-state index in [1.807, 2.05) is 0 Å². The van der Waals surface area contributed by atoms with Crippen LogP contribution in [0.1, 0.15) is 40.5 Å². The summed E-state index contributed by atoms with van der Waals surface area (Å²) >= 11 is 0. The lowest BCUT2D eigenvalue weighted by Gasteiger charge is -2.40. The highest BCUT2D eigenvalue weighted by Gasteiger charge is 2.23. The van der Waals surface area contributed by atoms with E-state index in [9.17, 15) is 0 Å². The van der Waals surface area contributed by atoms with E-state index in [4.69, 9.17) is 0 Å². The van der Waals surface area contributed by atoms with Crippen molar-refractivity contribution in [1.29, 1.82) is 0 Å². The molecule has 0 aromatic rings. The third-order valence-electron chi connectivity index (χ3n) is 5.48. The summed E-state index contributed by atoms with van der Waals surface area (Å²) in [4.78, 5) is 7.95. The molecular weight excluding hydrogens is 260 g/mol. The first-order chi connectivity index (χ1) is 10.1. The molecule has 0 saturated carbocycles. The Morgan fingerprint density at radius 3 is 1.57 bits per heavy atom. The van der Waals surface area contributed by atoms with Crippen molar-refractivity contribution in [1.82, 2.24) is 20.0 Å². The molecule has 2 aliphatic heterocycles. The summed E-state index contributed by atoms with van der Waals surface area (Å²) in [6, 6.07) is 2.19. The van der Waals surface area contributed by atoms with Crippen molar-refractivity contribution >= 4 is 0 Å². The molecule has 0 aromatic heterocycles. The summed E-state index contributed by atoms with van der Waals surface area (Å²) in [6.45, 7) is 19.2. The summed E-state index contributed by atoms with van der Waals surface area (Å²) in [6.07, 6.45) is 2.68. The van der Waals surface area contributed by atoms with Crippen LogP contribution in [0.3, 0.4) is 0 Å². The smallest absolute Gasteiger partial charge is 0.0113 e. The van der Waals surface area contributed by atoms with E-state index in [1.54, 1.807) is 0 Å². The Kier molecular flexibility index (Phi) is 6.93. The number of piperazine rings is 2. The van der Waals surface area contributed by atoms with Crippen LogP contribution in [-0.2, 0) is 0 Å². The third-order valence-corrected chi connectivity index (χ3v) is 5.48. The maximum Gasteiger partial charge on any atom is 0.0113 e. The van der Waals surface area contributed by atoms with E-state index in [0.717, 1.165) is 25.2 Å². The van der Waals surface area contributed by atoms with Gasteiger partial charge < -0.3 is 5.32 Å². The molecule has 2 fully saturated rings. The van der Waals surface area contributed by atoms with Crippen molar-refractivity contribution in [3.63, 3.8) is 0 Å². The molecule has 2 unspecified atom stereocenters. The molecule has 2 atom stereocenters. The van der Waals surface area contributed by atoms with Gasteiger partial charge in [0.15, 0.2) is 0 Å². The number of hydrogen-bond donors (Lipinski definition) is 1. The van der Waals surface area contributed by atoms with Gasteiger partial charge in [0, 0.05) is 70.5 Å². The summed E-state index contributed by atoms with van der Waals surface area (Å²) in [7, 11) is 0. The average molecular weight is 297 g/mol. The highest BCUT2D eigenvalue weighted by molar-refractivity contribution is 4.80. The van der Waals surface area contributed by atoms with E-state index in [0.29, 0.717) is 6.04 Å². The van der Waals surface area contributed by atoms with Crippen LogP contribution >= 0.6 is 0 Å². The van der Waals surface area contributed by atoms with Gasteiger partial charge in [-0.2, -0.15) is 0 Å². The van der Waals surface area contributed by atoms with E-state index >= 15 is 0 Å². The molecule has 0 radical (unpaired) electrons. The Morgan fingerprint density at radius 1 is 0.667 bits per heavy atom. The van der Waals surface area contributed by atoms with Crippen LogP contribution in [0.4, 0.5) is 0 Å². The molecule has 2 heterocycles. The first-order valence-electron chi connectivity index (χ1n) is 9.00. The Labute approximate surface area is 131 Å². The lowest BCUT2D eigenvalue weighted by Crippen LogP contribution is -2.52. The van der Waals surface area contributed by atoms with Gasteiger partial charge in [0.25, 0.3) is 0 Å². The Morgan fingerprint density at radius 2 is 1.10 bits per heavy atom. The first-order valence-corrected chi connectivity index (χ1v) is 9.00. The minimum atomic E-state index is 0.704. The highest BCUT2D eigenvalue weighted by Crippen LogP contribution is 2.15. The van der Waals surface area contributed by atoms with Crippen LogP contribution in [0.15, 0.2) is 0 Å². The molecule has 4 heteroatoms. The molecule has 0 aliphatic carbocycles. The molecule has 0 spiro atoms. The molecular formula is C17H36N4. The Bertz CT molecular complexity index is 281. The van der Waals surface area contributed by atoms with Crippen LogP contribution in [0.5, 0.6) is 0 Å². The molecule has 124 valence electrons.